The summed E-state index contributed by atoms with van der Waals surface area (Å²) in [6.07, 6.45) is 3.18. The Morgan fingerprint density at radius 3 is 2.93 bits per heavy atom. The molecule has 4 heteroatoms. The van der Waals surface area contributed by atoms with Crippen LogP contribution in [0.25, 0.3) is 0 Å². The Kier molecular flexibility index (Phi) is 4.78. The van der Waals surface area contributed by atoms with Crippen LogP contribution in [-0.4, -0.2) is 38.5 Å². The molecule has 3 nitrogen and oxygen atoms in total. The first-order valence-electron chi connectivity index (χ1n) is 5.34. The fourth-order valence-electron chi connectivity index (χ4n) is 2.11. The first-order chi connectivity index (χ1) is 6.73. The van der Waals surface area contributed by atoms with Gasteiger partial charge in [-0.25, -0.2) is 4.39 Å². The van der Waals surface area contributed by atoms with Crippen molar-refractivity contribution in [2.24, 2.45) is 5.73 Å². The Morgan fingerprint density at radius 2 is 2.43 bits per heavy atom. The van der Waals surface area contributed by atoms with Gasteiger partial charge in [-0.05, 0) is 38.8 Å². The Hall–Kier alpha value is -0.190. The number of methoxy groups -OCH3 is 1. The van der Waals surface area contributed by atoms with E-state index in [4.69, 9.17) is 10.5 Å². The molecule has 1 aliphatic rings. The number of halogens is 1. The molecule has 84 valence electrons. The molecular formula is C10H21FN2O. The summed E-state index contributed by atoms with van der Waals surface area (Å²) in [5.41, 5.74) is 4.17. The molecule has 0 saturated carbocycles. The highest BCUT2D eigenvalue weighted by atomic mass is 19.1. The molecule has 0 bridgehead atoms. The molecule has 0 radical (unpaired) electrons. The second-order valence-corrected chi connectivity index (χ2v) is 4.01. The van der Waals surface area contributed by atoms with Crippen LogP contribution in [0.1, 0.15) is 25.7 Å². The van der Waals surface area contributed by atoms with E-state index >= 15 is 0 Å². The summed E-state index contributed by atoms with van der Waals surface area (Å²) in [5, 5.41) is 3.20. The predicted molar refractivity (Wildman–Crippen MR) is 55.0 cm³/mol. The van der Waals surface area contributed by atoms with Crippen molar-refractivity contribution in [3.8, 4) is 0 Å². The minimum atomic E-state index is -1.23. The van der Waals surface area contributed by atoms with E-state index in [0.29, 0.717) is 13.0 Å². The molecule has 0 aromatic rings. The van der Waals surface area contributed by atoms with Gasteiger partial charge in [0, 0.05) is 13.2 Å². The molecular weight excluding hydrogens is 183 g/mol. The summed E-state index contributed by atoms with van der Waals surface area (Å²) in [5.74, 6) is 0. The maximum absolute atomic E-state index is 14.4. The van der Waals surface area contributed by atoms with Crippen LogP contribution in [0, 0.1) is 0 Å². The maximum atomic E-state index is 14.4. The van der Waals surface area contributed by atoms with Crippen LogP contribution in [0.5, 0.6) is 0 Å². The van der Waals surface area contributed by atoms with E-state index < -0.39 is 5.67 Å². The van der Waals surface area contributed by atoms with Gasteiger partial charge in [0.2, 0.25) is 0 Å². The van der Waals surface area contributed by atoms with Gasteiger partial charge in [0.25, 0.3) is 0 Å². The third kappa shape index (κ3) is 2.90. The first-order valence-corrected chi connectivity index (χ1v) is 5.34. The average molecular weight is 204 g/mol. The molecule has 0 amide bonds. The molecule has 0 aromatic heterocycles. The maximum Gasteiger partial charge on any atom is 0.149 e. The first kappa shape index (κ1) is 11.9. The Morgan fingerprint density at radius 1 is 1.64 bits per heavy atom. The molecule has 0 spiro atoms. The smallest absolute Gasteiger partial charge is 0.149 e. The standard InChI is InChI=1S/C10H21FN2O/c1-14-8-10(11,5-3-6-12)9-4-2-7-13-9/h9,13H,2-8,12H2,1H3. The fourth-order valence-corrected chi connectivity index (χ4v) is 2.11. The van der Waals surface area contributed by atoms with E-state index in [9.17, 15) is 4.39 Å². The number of rotatable bonds is 6. The zero-order chi connectivity index (χ0) is 10.4. The van der Waals surface area contributed by atoms with Crippen LogP contribution in [-0.2, 0) is 4.74 Å². The van der Waals surface area contributed by atoms with Crippen LogP contribution in [0.15, 0.2) is 0 Å². The van der Waals surface area contributed by atoms with Crippen LogP contribution in [0.4, 0.5) is 4.39 Å². The third-order valence-corrected chi connectivity index (χ3v) is 2.87. The van der Waals surface area contributed by atoms with Gasteiger partial charge >= 0.3 is 0 Å². The number of nitrogens with two attached hydrogens (primary N) is 1. The van der Waals surface area contributed by atoms with Crippen molar-refractivity contribution < 1.29 is 9.13 Å². The summed E-state index contributed by atoms with van der Waals surface area (Å²) in [6.45, 7) is 1.63. The molecule has 1 rings (SSSR count). The summed E-state index contributed by atoms with van der Waals surface area (Å²) in [7, 11) is 1.55. The van der Waals surface area contributed by atoms with Gasteiger partial charge in [0.05, 0.1) is 6.61 Å². The molecule has 14 heavy (non-hydrogen) atoms. The topological polar surface area (TPSA) is 47.3 Å². The Labute approximate surface area is 85.2 Å². The van der Waals surface area contributed by atoms with E-state index in [-0.39, 0.29) is 12.6 Å². The van der Waals surface area contributed by atoms with Crippen molar-refractivity contribution in [3.63, 3.8) is 0 Å². The Bertz CT molecular complexity index is 162. The molecule has 1 fully saturated rings. The number of nitrogens with one attached hydrogen (secondary N) is 1. The fraction of sp³-hybridized carbons (Fsp3) is 1.00. The molecule has 2 unspecified atom stereocenters. The SMILES string of the molecule is COCC(F)(CCCN)C1CCCN1. The highest BCUT2D eigenvalue weighted by Gasteiger charge is 2.39. The van der Waals surface area contributed by atoms with Crippen molar-refractivity contribution in [2.75, 3.05) is 26.8 Å². The van der Waals surface area contributed by atoms with Crippen LogP contribution in [0.3, 0.4) is 0 Å². The Balaban J connectivity index is 2.49. The third-order valence-electron chi connectivity index (χ3n) is 2.87. The van der Waals surface area contributed by atoms with Gasteiger partial charge in [0.1, 0.15) is 5.67 Å². The second-order valence-electron chi connectivity index (χ2n) is 4.01. The number of ether oxygens (including phenoxy) is 1. The van der Waals surface area contributed by atoms with Gasteiger partial charge < -0.3 is 15.8 Å². The van der Waals surface area contributed by atoms with E-state index in [1.807, 2.05) is 0 Å². The van der Waals surface area contributed by atoms with Gasteiger partial charge in [-0.15, -0.1) is 0 Å². The van der Waals surface area contributed by atoms with Crippen molar-refractivity contribution in [1.82, 2.24) is 5.32 Å². The van der Waals surface area contributed by atoms with Gasteiger partial charge in [-0.3, -0.25) is 0 Å². The number of hydrogen-bond acceptors (Lipinski definition) is 3. The van der Waals surface area contributed by atoms with Crippen molar-refractivity contribution in [3.05, 3.63) is 0 Å². The minimum absolute atomic E-state index is 0.0472. The zero-order valence-electron chi connectivity index (χ0n) is 8.89. The second kappa shape index (κ2) is 5.63. The molecule has 2 atom stereocenters. The van der Waals surface area contributed by atoms with E-state index in [2.05, 4.69) is 5.32 Å². The van der Waals surface area contributed by atoms with Gasteiger partial charge in [-0.2, -0.15) is 0 Å². The summed E-state index contributed by atoms with van der Waals surface area (Å²) in [6, 6.07) is -0.0472. The highest BCUT2D eigenvalue weighted by Crippen LogP contribution is 2.28. The predicted octanol–water partition coefficient (Wildman–Crippen LogP) is 0.832. The van der Waals surface area contributed by atoms with Gasteiger partial charge in [-0.1, -0.05) is 0 Å². The minimum Gasteiger partial charge on any atom is -0.381 e. The zero-order valence-corrected chi connectivity index (χ0v) is 8.89. The molecule has 3 N–H and O–H groups in total. The monoisotopic (exact) mass is 204 g/mol. The summed E-state index contributed by atoms with van der Waals surface area (Å²) in [4.78, 5) is 0. The summed E-state index contributed by atoms with van der Waals surface area (Å²) < 4.78 is 19.4. The average Bonchev–Trinajstić information content (AvgIpc) is 2.68. The van der Waals surface area contributed by atoms with Crippen LogP contribution >= 0.6 is 0 Å². The van der Waals surface area contributed by atoms with Crippen molar-refractivity contribution >= 4 is 0 Å². The molecule has 1 saturated heterocycles. The van der Waals surface area contributed by atoms with Crippen LogP contribution in [0.2, 0.25) is 0 Å². The van der Waals surface area contributed by atoms with E-state index in [1.165, 1.54) is 0 Å². The normalized spacial score (nSPS) is 26.4. The molecule has 1 heterocycles. The molecule has 0 aliphatic carbocycles. The quantitative estimate of drug-likeness (QED) is 0.674. The largest absolute Gasteiger partial charge is 0.381 e. The van der Waals surface area contributed by atoms with Crippen LogP contribution < -0.4 is 11.1 Å². The van der Waals surface area contributed by atoms with Crippen molar-refractivity contribution in [2.45, 2.75) is 37.4 Å². The van der Waals surface area contributed by atoms with E-state index in [1.54, 1.807) is 7.11 Å². The molecule has 1 aliphatic heterocycles. The lowest BCUT2D eigenvalue weighted by molar-refractivity contribution is 0.00845. The van der Waals surface area contributed by atoms with Gasteiger partial charge in [0.15, 0.2) is 0 Å². The van der Waals surface area contributed by atoms with Crippen molar-refractivity contribution in [1.29, 1.82) is 0 Å². The van der Waals surface area contributed by atoms with E-state index in [0.717, 1.165) is 25.8 Å². The lowest BCUT2D eigenvalue weighted by Crippen LogP contribution is -2.47. The number of alkyl halides is 1. The number of hydrogen-bond donors (Lipinski definition) is 2. The highest BCUT2D eigenvalue weighted by molar-refractivity contribution is 4.95. The summed E-state index contributed by atoms with van der Waals surface area (Å²) >= 11 is 0. The molecule has 0 aromatic carbocycles. The lowest BCUT2D eigenvalue weighted by Gasteiger charge is -2.30. The lowest BCUT2D eigenvalue weighted by atomic mass is 9.90.